The zero-order chi connectivity index (χ0) is 22.8. The van der Waals surface area contributed by atoms with Crippen LogP contribution in [0.15, 0.2) is 46.0 Å². The smallest absolute Gasteiger partial charge is 0.338 e. The van der Waals surface area contributed by atoms with Gasteiger partial charge in [-0.05, 0) is 19.1 Å². The van der Waals surface area contributed by atoms with Crippen molar-refractivity contribution in [3.63, 3.8) is 0 Å². The average Bonchev–Trinajstić information content (AvgIpc) is 3.38. The standard InChI is InChI=1S/C21H21ClF2N4O3S/c1-2-31-21(30)17-15(9-28-8-14(24)16(29)10-28)26-19(20-25-5-6-32-20)27-18(17)12-4-3-11(23)7-13(12)22/h3-7,14,16,18,29H,2,8-10H2,1H3,(H,26,27)/t14-,16+,18+/m1/s1. The van der Waals surface area contributed by atoms with Gasteiger partial charge in [0.1, 0.15) is 18.0 Å². The highest BCUT2D eigenvalue weighted by Gasteiger charge is 2.37. The van der Waals surface area contributed by atoms with Gasteiger partial charge in [-0.1, -0.05) is 17.7 Å². The maximum absolute atomic E-state index is 13.9. The van der Waals surface area contributed by atoms with E-state index in [1.165, 1.54) is 23.5 Å². The lowest BCUT2D eigenvalue weighted by molar-refractivity contribution is -0.139. The second kappa shape index (κ2) is 9.62. The molecule has 2 aliphatic rings. The van der Waals surface area contributed by atoms with Gasteiger partial charge >= 0.3 is 5.97 Å². The van der Waals surface area contributed by atoms with Crippen LogP contribution in [-0.4, -0.2) is 65.3 Å². The maximum Gasteiger partial charge on any atom is 0.338 e. The minimum Gasteiger partial charge on any atom is -0.463 e. The molecule has 0 bridgehead atoms. The van der Waals surface area contributed by atoms with Gasteiger partial charge in [0.05, 0.1) is 18.3 Å². The summed E-state index contributed by atoms with van der Waals surface area (Å²) in [6.07, 6.45) is -0.849. The number of hydrogen-bond acceptors (Lipinski definition) is 8. The van der Waals surface area contributed by atoms with Crippen LogP contribution < -0.4 is 5.32 Å². The van der Waals surface area contributed by atoms with Gasteiger partial charge in [-0.25, -0.2) is 18.6 Å². The molecule has 1 fully saturated rings. The van der Waals surface area contributed by atoms with Crippen molar-refractivity contribution in [2.24, 2.45) is 4.99 Å². The third-order valence-corrected chi connectivity index (χ3v) is 6.30. The van der Waals surface area contributed by atoms with E-state index in [1.54, 1.807) is 23.4 Å². The first kappa shape index (κ1) is 22.8. The van der Waals surface area contributed by atoms with Gasteiger partial charge in [0, 0.05) is 47.5 Å². The summed E-state index contributed by atoms with van der Waals surface area (Å²) >= 11 is 7.68. The number of carbonyl (C=O) groups is 1. The van der Waals surface area contributed by atoms with Crippen LogP contribution in [0.3, 0.4) is 0 Å². The fourth-order valence-electron chi connectivity index (χ4n) is 3.74. The Hall–Kier alpha value is -2.40. The average molecular weight is 483 g/mol. The molecule has 0 saturated carbocycles. The van der Waals surface area contributed by atoms with E-state index < -0.39 is 30.1 Å². The third kappa shape index (κ3) is 4.68. The lowest BCUT2D eigenvalue weighted by atomic mass is 9.95. The number of β-amino-alcohol motifs (C(OH)–C–C–N with tert-alkyl or cyclic N) is 1. The number of thiazole rings is 1. The van der Waals surface area contributed by atoms with Gasteiger partial charge in [0.25, 0.3) is 0 Å². The minimum atomic E-state index is -1.38. The Bertz CT molecular complexity index is 1050. The molecule has 3 heterocycles. The van der Waals surface area contributed by atoms with Crippen LogP contribution in [0.2, 0.25) is 5.02 Å². The topological polar surface area (TPSA) is 87.0 Å². The first-order valence-electron chi connectivity index (χ1n) is 10.0. The normalized spacial score (nSPS) is 23.8. The summed E-state index contributed by atoms with van der Waals surface area (Å²) < 4.78 is 32.9. The van der Waals surface area contributed by atoms with E-state index in [9.17, 15) is 18.7 Å². The van der Waals surface area contributed by atoms with E-state index in [0.717, 1.165) is 6.07 Å². The fraction of sp³-hybridized carbons (Fsp3) is 0.381. The monoisotopic (exact) mass is 482 g/mol. The molecule has 170 valence electrons. The molecule has 1 aromatic heterocycles. The molecule has 0 amide bonds. The molecule has 2 aromatic rings. The molecule has 0 spiro atoms. The second-order valence-corrected chi connectivity index (χ2v) is 8.70. The van der Waals surface area contributed by atoms with E-state index in [0.29, 0.717) is 22.1 Å². The number of hydrogen-bond donors (Lipinski definition) is 2. The third-order valence-electron chi connectivity index (χ3n) is 5.19. The fourth-order valence-corrected chi connectivity index (χ4v) is 4.60. The van der Waals surface area contributed by atoms with Crippen molar-refractivity contribution in [3.8, 4) is 0 Å². The maximum atomic E-state index is 13.9. The SMILES string of the molecule is CCOC(=O)C1=C(CN2C[C@@H](F)[C@@H](O)C2)NC(c2nccs2)=N[C@H]1c1ccc(F)cc1Cl. The van der Waals surface area contributed by atoms with Crippen molar-refractivity contribution in [3.05, 3.63) is 62.5 Å². The van der Waals surface area contributed by atoms with Crippen LogP contribution in [0, 0.1) is 5.82 Å². The van der Waals surface area contributed by atoms with Crippen molar-refractivity contribution in [2.45, 2.75) is 25.2 Å². The molecule has 2 N–H and O–H groups in total. The van der Waals surface area contributed by atoms with Gasteiger partial charge in [0.15, 0.2) is 10.8 Å². The molecule has 0 aliphatic carbocycles. The van der Waals surface area contributed by atoms with Crippen molar-refractivity contribution in [2.75, 3.05) is 26.2 Å². The molecule has 11 heteroatoms. The van der Waals surface area contributed by atoms with Crippen molar-refractivity contribution in [1.82, 2.24) is 15.2 Å². The number of rotatable bonds is 6. The number of likely N-dealkylation sites (tertiary alicyclic amines) is 1. The highest BCUT2D eigenvalue weighted by molar-refractivity contribution is 7.11. The Morgan fingerprint density at radius 1 is 1.44 bits per heavy atom. The van der Waals surface area contributed by atoms with Gasteiger partial charge in [-0.2, -0.15) is 0 Å². The highest BCUT2D eigenvalue weighted by Crippen LogP contribution is 2.37. The number of aliphatic hydroxyl groups excluding tert-OH is 1. The molecule has 3 atom stereocenters. The van der Waals surface area contributed by atoms with E-state index in [-0.39, 0.29) is 36.8 Å². The Balaban J connectivity index is 1.81. The number of amidine groups is 1. The Morgan fingerprint density at radius 3 is 2.88 bits per heavy atom. The number of esters is 1. The van der Waals surface area contributed by atoms with E-state index >= 15 is 0 Å². The number of carbonyl (C=O) groups excluding carboxylic acids is 1. The number of nitrogens with zero attached hydrogens (tertiary/aromatic N) is 3. The largest absolute Gasteiger partial charge is 0.463 e. The molecular formula is C21H21ClF2N4O3S. The minimum absolute atomic E-state index is 0.0220. The Labute approximate surface area is 192 Å². The predicted octanol–water partition coefficient (Wildman–Crippen LogP) is 2.86. The first-order chi connectivity index (χ1) is 15.4. The lowest BCUT2D eigenvalue weighted by Gasteiger charge is -2.29. The summed E-state index contributed by atoms with van der Waals surface area (Å²) in [5.74, 6) is -0.720. The van der Waals surface area contributed by atoms with Crippen LogP contribution in [0.4, 0.5) is 8.78 Å². The Morgan fingerprint density at radius 2 is 2.25 bits per heavy atom. The number of ether oxygens (including phenoxy) is 1. The molecular weight excluding hydrogens is 462 g/mol. The van der Waals surface area contributed by atoms with E-state index in [2.05, 4.69) is 15.3 Å². The molecule has 2 aliphatic heterocycles. The molecule has 7 nitrogen and oxygen atoms in total. The molecule has 1 saturated heterocycles. The lowest BCUT2D eigenvalue weighted by Crippen LogP contribution is -2.39. The van der Waals surface area contributed by atoms with Crippen molar-refractivity contribution in [1.29, 1.82) is 0 Å². The number of nitrogens with one attached hydrogen (secondary N) is 1. The van der Waals surface area contributed by atoms with Crippen LogP contribution in [-0.2, 0) is 9.53 Å². The number of benzene rings is 1. The number of aliphatic imine (C=N–C) groups is 1. The van der Waals surface area contributed by atoms with Crippen molar-refractivity contribution >= 4 is 34.7 Å². The molecule has 4 rings (SSSR count). The zero-order valence-electron chi connectivity index (χ0n) is 17.1. The van der Waals surface area contributed by atoms with Gasteiger partial charge in [-0.15, -0.1) is 11.3 Å². The van der Waals surface area contributed by atoms with Gasteiger partial charge < -0.3 is 15.2 Å². The number of aromatic nitrogens is 1. The zero-order valence-corrected chi connectivity index (χ0v) is 18.7. The van der Waals surface area contributed by atoms with Crippen LogP contribution >= 0.6 is 22.9 Å². The predicted molar refractivity (Wildman–Crippen MR) is 117 cm³/mol. The molecule has 0 radical (unpaired) electrons. The van der Waals surface area contributed by atoms with E-state index in [4.69, 9.17) is 16.3 Å². The molecule has 1 aromatic carbocycles. The van der Waals surface area contributed by atoms with Crippen molar-refractivity contribution < 1.29 is 23.4 Å². The summed E-state index contributed by atoms with van der Waals surface area (Å²) in [6, 6.07) is 3.00. The summed E-state index contributed by atoms with van der Waals surface area (Å²) in [5.41, 5.74) is 1.06. The summed E-state index contributed by atoms with van der Waals surface area (Å²) in [7, 11) is 0. The van der Waals surface area contributed by atoms with Crippen LogP contribution in [0.25, 0.3) is 0 Å². The first-order valence-corrected chi connectivity index (χ1v) is 11.3. The van der Waals surface area contributed by atoms with Crippen LogP contribution in [0.1, 0.15) is 23.5 Å². The highest BCUT2D eigenvalue weighted by atomic mass is 35.5. The molecule has 0 unspecified atom stereocenters. The second-order valence-electron chi connectivity index (χ2n) is 7.40. The number of halogens is 3. The summed E-state index contributed by atoms with van der Waals surface area (Å²) in [5, 5.41) is 15.4. The van der Waals surface area contributed by atoms with Crippen LogP contribution in [0.5, 0.6) is 0 Å². The number of aliphatic hydroxyl groups is 1. The quantitative estimate of drug-likeness (QED) is 0.616. The molecule has 32 heavy (non-hydrogen) atoms. The summed E-state index contributed by atoms with van der Waals surface area (Å²) in [6.45, 7) is 2.11. The van der Waals surface area contributed by atoms with Gasteiger partial charge in [-0.3, -0.25) is 9.89 Å². The van der Waals surface area contributed by atoms with Gasteiger partial charge in [0.2, 0.25) is 0 Å². The number of alkyl halides is 1. The van der Waals surface area contributed by atoms with E-state index in [1.807, 2.05) is 0 Å². The Kier molecular flexibility index (Phi) is 6.85. The summed E-state index contributed by atoms with van der Waals surface area (Å²) in [4.78, 5) is 23.7.